The fourth-order valence-electron chi connectivity index (χ4n) is 2.86. The van der Waals surface area contributed by atoms with Crippen LogP contribution in [0.5, 0.6) is 0 Å². The Morgan fingerprint density at radius 2 is 2.00 bits per heavy atom. The molecule has 0 aromatic heterocycles. The van der Waals surface area contributed by atoms with E-state index in [1.54, 1.807) is 17.8 Å². The minimum atomic E-state index is -0.429. The molecule has 0 radical (unpaired) electrons. The first kappa shape index (κ1) is 17.5. The summed E-state index contributed by atoms with van der Waals surface area (Å²) in [5.74, 6) is 0.597. The monoisotopic (exact) mass is 355 g/mol. The van der Waals surface area contributed by atoms with Gasteiger partial charge in [0.05, 0.1) is 5.54 Å². The average Bonchev–Trinajstić information content (AvgIpc) is 2.57. The zero-order valence-corrected chi connectivity index (χ0v) is 15.3. The first-order valence-electron chi connectivity index (χ1n) is 8.18. The van der Waals surface area contributed by atoms with Crippen LogP contribution in [0.1, 0.15) is 30.0 Å². The van der Waals surface area contributed by atoms with Gasteiger partial charge in [-0.15, -0.1) is 0 Å². The number of hydrogen-bond acceptors (Lipinski definition) is 4. The Kier molecular flexibility index (Phi) is 4.86. The van der Waals surface area contributed by atoms with Crippen LogP contribution in [0.3, 0.4) is 0 Å². The van der Waals surface area contributed by atoms with Crippen molar-refractivity contribution < 1.29 is 4.39 Å². The summed E-state index contributed by atoms with van der Waals surface area (Å²) in [6, 6.07) is 13.0. The van der Waals surface area contributed by atoms with Gasteiger partial charge >= 0.3 is 0 Å². The summed E-state index contributed by atoms with van der Waals surface area (Å²) in [4.78, 5) is 4.59. The van der Waals surface area contributed by atoms with Crippen molar-refractivity contribution in [2.24, 2.45) is 10.7 Å². The third kappa shape index (κ3) is 3.87. The van der Waals surface area contributed by atoms with Crippen molar-refractivity contribution in [1.82, 2.24) is 0 Å². The number of aryl methyl sites for hydroxylation is 1. The molecule has 0 bridgehead atoms. The maximum Gasteiger partial charge on any atom is 0.154 e. The number of anilines is 1. The molecule has 1 aliphatic rings. The van der Waals surface area contributed by atoms with Crippen LogP contribution in [-0.2, 0) is 5.54 Å². The van der Waals surface area contributed by atoms with Gasteiger partial charge in [-0.3, -0.25) is 4.99 Å². The van der Waals surface area contributed by atoms with E-state index in [4.69, 9.17) is 5.73 Å². The van der Waals surface area contributed by atoms with Crippen LogP contribution in [0, 0.1) is 12.7 Å². The van der Waals surface area contributed by atoms with E-state index in [9.17, 15) is 4.39 Å². The largest absolute Gasteiger partial charge is 0.379 e. The predicted molar refractivity (Wildman–Crippen MR) is 106 cm³/mol. The third-order valence-corrected chi connectivity index (χ3v) is 5.25. The van der Waals surface area contributed by atoms with Gasteiger partial charge in [-0.25, -0.2) is 4.39 Å². The van der Waals surface area contributed by atoms with E-state index in [1.807, 2.05) is 44.2 Å². The lowest BCUT2D eigenvalue weighted by molar-refractivity contribution is 0.480. The molecule has 1 atom stereocenters. The van der Waals surface area contributed by atoms with Gasteiger partial charge in [0.25, 0.3) is 0 Å². The molecule has 0 fully saturated rings. The zero-order chi connectivity index (χ0) is 18.0. The fraction of sp³-hybridized carbons (Fsp3) is 0.250. The average molecular weight is 355 g/mol. The number of benzene rings is 2. The van der Waals surface area contributed by atoms with E-state index in [1.165, 1.54) is 11.6 Å². The maximum atomic E-state index is 14.4. The van der Waals surface area contributed by atoms with Crippen molar-refractivity contribution in [3.05, 3.63) is 71.6 Å². The van der Waals surface area contributed by atoms with Crippen LogP contribution in [0.4, 0.5) is 10.1 Å². The molecule has 2 aromatic carbocycles. The van der Waals surface area contributed by atoms with Gasteiger partial charge in [-0.05, 0) is 50.1 Å². The smallest absolute Gasteiger partial charge is 0.154 e. The molecule has 25 heavy (non-hydrogen) atoms. The summed E-state index contributed by atoms with van der Waals surface area (Å²) in [7, 11) is 0. The molecule has 1 heterocycles. The molecule has 0 amide bonds. The van der Waals surface area contributed by atoms with Crippen molar-refractivity contribution >= 4 is 28.3 Å². The summed E-state index contributed by atoms with van der Waals surface area (Å²) in [5.41, 5.74) is 9.43. The number of nitrogens with zero attached hydrogens (tertiary/aromatic N) is 1. The molecule has 0 spiro atoms. The Morgan fingerprint density at radius 3 is 2.68 bits per heavy atom. The lowest BCUT2D eigenvalue weighted by Crippen LogP contribution is -2.29. The first-order valence-corrected chi connectivity index (χ1v) is 9.17. The van der Waals surface area contributed by atoms with Crippen molar-refractivity contribution in [3.63, 3.8) is 0 Å². The predicted octanol–water partition coefficient (Wildman–Crippen LogP) is 4.88. The van der Waals surface area contributed by atoms with E-state index in [-0.39, 0.29) is 5.82 Å². The van der Waals surface area contributed by atoms with Crippen molar-refractivity contribution in [3.8, 4) is 0 Å². The van der Waals surface area contributed by atoms with Gasteiger partial charge < -0.3 is 11.1 Å². The molecule has 0 saturated carbocycles. The first-order chi connectivity index (χ1) is 11.9. The van der Waals surface area contributed by atoms with E-state index in [2.05, 4.69) is 16.9 Å². The Bertz CT molecular complexity index is 829. The number of thioether (sulfide) groups is 1. The lowest BCUT2D eigenvalue weighted by atomic mass is 9.88. The third-order valence-electron chi connectivity index (χ3n) is 4.46. The Morgan fingerprint density at radius 1 is 1.28 bits per heavy atom. The molecular formula is C20H22FN3S. The number of amidine groups is 1. The van der Waals surface area contributed by atoms with E-state index < -0.39 is 5.54 Å². The molecule has 5 heteroatoms. The number of rotatable bonds is 4. The van der Waals surface area contributed by atoms with Crippen molar-refractivity contribution in [2.45, 2.75) is 25.8 Å². The van der Waals surface area contributed by atoms with E-state index >= 15 is 0 Å². The number of nitrogens with one attached hydrogen (secondary N) is 1. The minimum Gasteiger partial charge on any atom is -0.379 e. The van der Waals surface area contributed by atoms with Crippen LogP contribution in [0.25, 0.3) is 5.70 Å². The molecule has 130 valence electrons. The van der Waals surface area contributed by atoms with Gasteiger partial charge in [-0.2, -0.15) is 0 Å². The molecule has 0 saturated heterocycles. The van der Waals surface area contributed by atoms with Gasteiger partial charge in [0.15, 0.2) is 5.17 Å². The van der Waals surface area contributed by atoms with Crippen LogP contribution in [0.15, 0.2) is 54.0 Å². The highest BCUT2D eigenvalue weighted by Gasteiger charge is 2.30. The quantitative estimate of drug-likeness (QED) is 0.821. The zero-order valence-electron chi connectivity index (χ0n) is 14.5. The second kappa shape index (κ2) is 6.92. The standard InChI is InChI=1S/C20H22FN3S/c1-13-4-7-16(8-5-13)23-14(2)17-12-15(6-9-18(17)21)20(3)10-11-25-19(22)24-20/h4-9,12,23H,2,10-11H2,1,3H3,(H2,22,24). The molecule has 2 aromatic rings. The highest BCUT2D eigenvalue weighted by molar-refractivity contribution is 8.13. The summed E-state index contributed by atoms with van der Waals surface area (Å²) in [6.45, 7) is 8.07. The van der Waals surface area contributed by atoms with Crippen LogP contribution in [0.2, 0.25) is 0 Å². The second-order valence-electron chi connectivity index (χ2n) is 6.49. The number of nitrogens with two attached hydrogens (primary N) is 1. The SMILES string of the molecule is C=C(Nc1ccc(C)cc1)c1cc(C2(C)CCSC(N)=N2)ccc1F. The van der Waals surface area contributed by atoms with Gasteiger partial charge in [0, 0.05) is 22.7 Å². The Hall–Kier alpha value is -2.27. The number of halogens is 1. The Labute approximate surface area is 152 Å². The topological polar surface area (TPSA) is 50.4 Å². The molecule has 3 nitrogen and oxygen atoms in total. The highest BCUT2D eigenvalue weighted by Crippen LogP contribution is 2.36. The molecular weight excluding hydrogens is 333 g/mol. The van der Waals surface area contributed by atoms with Gasteiger partial charge in [-0.1, -0.05) is 42.1 Å². The summed E-state index contributed by atoms with van der Waals surface area (Å²) >= 11 is 1.56. The van der Waals surface area contributed by atoms with Crippen LogP contribution in [-0.4, -0.2) is 10.9 Å². The second-order valence-corrected chi connectivity index (χ2v) is 7.60. The molecule has 0 aliphatic carbocycles. The van der Waals surface area contributed by atoms with E-state index in [0.717, 1.165) is 23.4 Å². The Balaban J connectivity index is 1.90. The molecule has 3 rings (SSSR count). The van der Waals surface area contributed by atoms with Gasteiger partial charge in [0.1, 0.15) is 5.82 Å². The number of hydrogen-bond donors (Lipinski definition) is 2. The summed E-state index contributed by atoms with van der Waals surface area (Å²) < 4.78 is 14.4. The van der Waals surface area contributed by atoms with Crippen molar-refractivity contribution in [2.75, 3.05) is 11.1 Å². The molecule has 1 aliphatic heterocycles. The molecule has 1 unspecified atom stereocenters. The maximum absolute atomic E-state index is 14.4. The van der Waals surface area contributed by atoms with Crippen molar-refractivity contribution in [1.29, 1.82) is 0 Å². The van der Waals surface area contributed by atoms with Gasteiger partial charge in [0.2, 0.25) is 0 Å². The fourth-order valence-corrected chi connectivity index (χ4v) is 3.84. The lowest BCUT2D eigenvalue weighted by Gasteiger charge is -2.30. The highest BCUT2D eigenvalue weighted by atomic mass is 32.2. The van der Waals surface area contributed by atoms with Crippen LogP contribution < -0.4 is 11.1 Å². The van der Waals surface area contributed by atoms with E-state index in [0.29, 0.717) is 16.4 Å². The summed E-state index contributed by atoms with van der Waals surface area (Å²) in [6.07, 6.45) is 0.862. The summed E-state index contributed by atoms with van der Waals surface area (Å²) in [5, 5.41) is 3.76. The molecule has 3 N–H and O–H groups in total. The minimum absolute atomic E-state index is 0.306. The van der Waals surface area contributed by atoms with Crippen LogP contribution >= 0.6 is 11.8 Å². The normalized spacial score (nSPS) is 20.0. The number of aliphatic imine (C=N–C) groups is 1.